The SMILES string of the molecule is C=C(CSc1ccc(C(F)(F)F)cn1)C(=O)OCC. The summed E-state index contributed by atoms with van der Waals surface area (Å²) in [6.45, 7) is 5.47. The van der Waals surface area contributed by atoms with Crippen molar-refractivity contribution in [2.75, 3.05) is 12.4 Å². The number of carbonyl (C=O) groups is 1. The van der Waals surface area contributed by atoms with Crippen LogP contribution in [0.15, 0.2) is 35.5 Å². The number of esters is 1. The molecule has 3 nitrogen and oxygen atoms in total. The summed E-state index contributed by atoms with van der Waals surface area (Å²) in [6.07, 6.45) is -3.64. The van der Waals surface area contributed by atoms with Gasteiger partial charge in [-0.2, -0.15) is 13.2 Å². The second kappa shape index (κ2) is 6.60. The number of halogens is 3. The van der Waals surface area contributed by atoms with Crippen LogP contribution in [0, 0.1) is 0 Å². The van der Waals surface area contributed by atoms with Gasteiger partial charge in [0.15, 0.2) is 0 Å². The number of hydrogen-bond acceptors (Lipinski definition) is 4. The molecule has 104 valence electrons. The Bertz CT molecular complexity index is 457. The number of hydrogen-bond donors (Lipinski definition) is 0. The standard InChI is InChI=1S/C12H12F3NO2S/c1-3-18-11(17)8(2)7-19-10-5-4-9(6-16-10)12(13,14)15/h4-6H,2-3,7H2,1H3. The van der Waals surface area contributed by atoms with Crippen LogP contribution in [0.5, 0.6) is 0 Å². The third-order valence-electron chi connectivity index (χ3n) is 2.02. The molecule has 0 bridgehead atoms. The molecule has 0 amide bonds. The third kappa shape index (κ3) is 4.94. The summed E-state index contributed by atoms with van der Waals surface area (Å²) >= 11 is 1.12. The van der Waals surface area contributed by atoms with Gasteiger partial charge in [-0.05, 0) is 19.1 Å². The Kier molecular flexibility index (Phi) is 5.41. The molecule has 1 aromatic rings. The van der Waals surface area contributed by atoms with E-state index in [0.29, 0.717) is 5.03 Å². The summed E-state index contributed by atoms with van der Waals surface area (Å²) in [5, 5.41) is 0.387. The van der Waals surface area contributed by atoms with Crippen molar-refractivity contribution in [1.82, 2.24) is 4.98 Å². The van der Waals surface area contributed by atoms with Crippen molar-refractivity contribution < 1.29 is 22.7 Å². The molecule has 0 aliphatic heterocycles. The summed E-state index contributed by atoms with van der Waals surface area (Å²) < 4.78 is 41.6. The van der Waals surface area contributed by atoms with E-state index in [1.807, 2.05) is 0 Å². The number of pyridine rings is 1. The fraction of sp³-hybridized carbons (Fsp3) is 0.333. The topological polar surface area (TPSA) is 39.2 Å². The van der Waals surface area contributed by atoms with Crippen LogP contribution >= 0.6 is 11.8 Å². The highest BCUT2D eigenvalue weighted by molar-refractivity contribution is 7.99. The molecule has 1 rings (SSSR count). The molecule has 0 unspecified atom stereocenters. The summed E-state index contributed by atoms with van der Waals surface area (Å²) in [5.41, 5.74) is -0.561. The van der Waals surface area contributed by atoms with Crippen molar-refractivity contribution in [1.29, 1.82) is 0 Å². The first-order valence-corrected chi connectivity index (χ1v) is 6.34. The number of carbonyl (C=O) groups excluding carboxylic acids is 1. The van der Waals surface area contributed by atoms with E-state index in [0.717, 1.165) is 24.0 Å². The molecule has 0 aliphatic carbocycles. The Balaban J connectivity index is 2.55. The number of rotatable bonds is 5. The molecule has 1 aromatic heterocycles. The lowest BCUT2D eigenvalue weighted by atomic mass is 10.3. The molecule has 0 fully saturated rings. The highest BCUT2D eigenvalue weighted by Crippen LogP contribution is 2.29. The Morgan fingerprint density at radius 3 is 2.63 bits per heavy atom. The van der Waals surface area contributed by atoms with Crippen molar-refractivity contribution in [3.63, 3.8) is 0 Å². The van der Waals surface area contributed by atoms with Gasteiger partial charge in [0, 0.05) is 17.5 Å². The molecule has 0 spiro atoms. The van der Waals surface area contributed by atoms with Gasteiger partial charge in [0.25, 0.3) is 0 Å². The van der Waals surface area contributed by atoms with Crippen LogP contribution in [0.4, 0.5) is 13.2 Å². The van der Waals surface area contributed by atoms with E-state index in [1.165, 1.54) is 6.07 Å². The van der Waals surface area contributed by atoms with E-state index < -0.39 is 17.7 Å². The Morgan fingerprint density at radius 1 is 1.47 bits per heavy atom. The zero-order chi connectivity index (χ0) is 14.5. The molecule has 0 saturated heterocycles. The fourth-order valence-corrected chi connectivity index (χ4v) is 1.82. The molecule has 19 heavy (non-hydrogen) atoms. The normalized spacial score (nSPS) is 11.2. The first-order valence-electron chi connectivity index (χ1n) is 5.35. The van der Waals surface area contributed by atoms with Gasteiger partial charge in [0.05, 0.1) is 17.2 Å². The highest BCUT2D eigenvalue weighted by Gasteiger charge is 2.30. The van der Waals surface area contributed by atoms with E-state index in [9.17, 15) is 18.0 Å². The molecular formula is C12H12F3NO2S. The second-order valence-corrected chi connectivity index (χ2v) is 4.49. The average molecular weight is 291 g/mol. The minimum absolute atomic E-state index is 0.219. The van der Waals surface area contributed by atoms with Gasteiger partial charge in [0.2, 0.25) is 0 Å². The molecule has 0 N–H and O–H groups in total. The van der Waals surface area contributed by atoms with Crippen molar-refractivity contribution in [2.24, 2.45) is 0 Å². The third-order valence-corrected chi connectivity index (χ3v) is 3.05. The van der Waals surface area contributed by atoms with Crippen molar-refractivity contribution >= 4 is 17.7 Å². The average Bonchev–Trinajstić information content (AvgIpc) is 2.35. The zero-order valence-electron chi connectivity index (χ0n) is 10.2. The maximum atomic E-state index is 12.3. The quantitative estimate of drug-likeness (QED) is 0.474. The van der Waals surface area contributed by atoms with E-state index in [-0.39, 0.29) is 17.9 Å². The lowest BCUT2D eigenvalue weighted by Crippen LogP contribution is -2.08. The largest absolute Gasteiger partial charge is 0.463 e. The monoisotopic (exact) mass is 291 g/mol. The van der Waals surface area contributed by atoms with Crippen molar-refractivity contribution in [3.05, 3.63) is 36.0 Å². The molecule has 0 saturated carbocycles. The maximum absolute atomic E-state index is 12.3. The van der Waals surface area contributed by atoms with Crippen LogP contribution in [-0.2, 0) is 15.7 Å². The number of aromatic nitrogens is 1. The van der Waals surface area contributed by atoms with Crippen molar-refractivity contribution in [3.8, 4) is 0 Å². The number of nitrogens with zero attached hydrogens (tertiary/aromatic N) is 1. The summed E-state index contributed by atoms with van der Waals surface area (Å²) in [7, 11) is 0. The number of alkyl halides is 3. The van der Waals surface area contributed by atoms with Gasteiger partial charge in [-0.3, -0.25) is 0 Å². The summed E-state index contributed by atoms with van der Waals surface area (Å²) in [6, 6.07) is 2.20. The number of thioether (sulfide) groups is 1. The van der Waals surface area contributed by atoms with E-state index in [2.05, 4.69) is 11.6 Å². The molecular weight excluding hydrogens is 279 g/mol. The molecule has 1 heterocycles. The van der Waals surface area contributed by atoms with Gasteiger partial charge in [-0.15, -0.1) is 11.8 Å². The fourth-order valence-electron chi connectivity index (χ4n) is 1.09. The molecule has 7 heteroatoms. The first-order chi connectivity index (χ1) is 8.84. The second-order valence-electron chi connectivity index (χ2n) is 3.50. The van der Waals surface area contributed by atoms with Gasteiger partial charge in [-0.25, -0.2) is 9.78 Å². The zero-order valence-corrected chi connectivity index (χ0v) is 11.0. The van der Waals surface area contributed by atoms with E-state index in [4.69, 9.17) is 4.74 Å². The van der Waals surface area contributed by atoms with Crippen LogP contribution in [0.2, 0.25) is 0 Å². The number of ether oxygens (including phenoxy) is 1. The van der Waals surface area contributed by atoms with E-state index in [1.54, 1.807) is 6.92 Å². The molecule has 0 aromatic carbocycles. The Morgan fingerprint density at radius 2 is 2.16 bits per heavy atom. The molecule has 0 aliphatic rings. The van der Waals surface area contributed by atoms with Gasteiger partial charge < -0.3 is 4.74 Å². The maximum Gasteiger partial charge on any atom is 0.417 e. The van der Waals surface area contributed by atoms with Gasteiger partial charge >= 0.3 is 12.1 Å². The van der Waals surface area contributed by atoms with Crippen LogP contribution in [-0.4, -0.2) is 23.3 Å². The lowest BCUT2D eigenvalue weighted by molar-refractivity contribution is -0.139. The molecule has 0 atom stereocenters. The van der Waals surface area contributed by atoms with Crippen LogP contribution < -0.4 is 0 Å². The Hall–Kier alpha value is -1.50. The van der Waals surface area contributed by atoms with E-state index >= 15 is 0 Å². The van der Waals surface area contributed by atoms with Crippen LogP contribution in [0.25, 0.3) is 0 Å². The Labute approximate surface area is 112 Å². The smallest absolute Gasteiger partial charge is 0.417 e. The predicted octanol–water partition coefficient (Wildman–Crippen LogP) is 3.31. The molecule has 0 radical (unpaired) electrons. The van der Waals surface area contributed by atoms with Gasteiger partial charge in [0.1, 0.15) is 0 Å². The minimum Gasteiger partial charge on any atom is -0.463 e. The minimum atomic E-state index is -4.40. The van der Waals surface area contributed by atoms with Crippen LogP contribution in [0.3, 0.4) is 0 Å². The lowest BCUT2D eigenvalue weighted by Gasteiger charge is -2.07. The van der Waals surface area contributed by atoms with Crippen molar-refractivity contribution in [2.45, 2.75) is 18.1 Å². The highest BCUT2D eigenvalue weighted by atomic mass is 32.2. The predicted molar refractivity (Wildman–Crippen MR) is 65.7 cm³/mol. The van der Waals surface area contributed by atoms with Crippen LogP contribution in [0.1, 0.15) is 12.5 Å². The summed E-state index contributed by atoms with van der Waals surface area (Å²) in [5.74, 6) is -0.293. The first kappa shape index (κ1) is 15.6. The van der Waals surface area contributed by atoms with Gasteiger partial charge in [-0.1, -0.05) is 6.58 Å². The summed E-state index contributed by atoms with van der Waals surface area (Å²) in [4.78, 5) is 14.9.